The van der Waals surface area contributed by atoms with E-state index < -0.39 is 0 Å². The van der Waals surface area contributed by atoms with Crippen molar-refractivity contribution in [3.63, 3.8) is 0 Å². The Morgan fingerprint density at radius 1 is 1.14 bits per heavy atom. The molecule has 0 unspecified atom stereocenters. The van der Waals surface area contributed by atoms with Gasteiger partial charge in [0.1, 0.15) is 5.84 Å². The monoisotopic (exact) mass is 253 g/mol. The standard InChI is InChI=1S/C10H12BrN3/c11-8-3-5-9(6-4-8)13-14-10-2-1-7-12-10/h3-6,13H,1-2,7H2,(H,12,14). The lowest BCUT2D eigenvalue weighted by Crippen LogP contribution is -2.27. The molecule has 1 aromatic rings. The maximum Gasteiger partial charge on any atom is 0.115 e. The molecule has 0 amide bonds. The van der Waals surface area contributed by atoms with Crippen molar-refractivity contribution < 1.29 is 0 Å². The molecule has 0 saturated carbocycles. The molecule has 2 N–H and O–H groups in total. The van der Waals surface area contributed by atoms with Crippen molar-refractivity contribution in [2.45, 2.75) is 12.8 Å². The predicted molar refractivity (Wildman–Crippen MR) is 62.4 cm³/mol. The van der Waals surface area contributed by atoms with E-state index in [2.05, 4.69) is 31.8 Å². The minimum absolute atomic E-state index is 0.949. The molecule has 14 heavy (non-hydrogen) atoms. The first kappa shape index (κ1) is 9.52. The van der Waals surface area contributed by atoms with Gasteiger partial charge in [-0.1, -0.05) is 15.9 Å². The number of amidine groups is 1. The fourth-order valence-corrected chi connectivity index (χ4v) is 1.58. The molecule has 1 heterocycles. The summed E-state index contributed by atoms with van der Waals surface area (Å²) in [5.74, 6) is 1.05. The van der Waals surface area contributed by atoms with E-state index in [0.29, 0.717) is 0 Å². The fourth-order valence-electron chi connectivity index (χ4n) is 1.32. The first-order chi connectivity index (χ1) is 6.84. The topological polar surface area (TPSA) is 36.4 Å². The number of anilines is 1. The zero-order chi connectivity index (χ0) is 9.80. The number of hydrogen-bond acceptors (Lipinski definition) is 3. The van der Waals surface area contributed by atoms with Crippen LogP contribution in [0.25, 0.3) is 0 Å². The lowest BCUT2D eigenvalue weighted by molar-refractivity contribution is 0.944. The van der Waals surface area contributed by atoms with Gasteiger partial charge in [-0.2, -0.15) is 0 Å². The van der Waals surface area contributed by atoms with Gasteiger partial charge < -0.3 is 0 Å². The highest BCUT2D eigenvalue weighted by Gasteiger charge is 2.04. The number of aliphatic imine (C=N–C) groups is 1. The Morgan fingerprint density at radius 2 is 1.93 bits per heavy atom. The van der Waals surface area contributed by atoms with Gasteiger partial charge in [-0.15, -0.1) is 0 Å². The van der Waals surface area contributed by atoms with Crippen LogP contribution in [0.2, 0.25) is 0 Å². The zero-order valence-electron chi connectivity index (χ0n) is 7.76. The summed E-state index contributed by atoms with van der Waals surface area (Å²) in [5, 5.41) is 0. The highest BCUT2D eigenvalue weighted by atomic mass is 79.9. The SMILES string of the molecule is Brc1ccc(NNC2=NCCC2)cc1. The van der Waals surface area contributed by atoms with Crippen molar-refractivity contribution in [1.82, 2.24) is 5.43 Å². The van der Waals surface area contributed by atoms with E-state index in [-0.39, 0.29) is 0 Å². The molecule has 0 aromatic heterocycles. The van der Waals surface area contributed by atoms with Gasteiger partial charge in [-0.05, 0) is 30.7 Å². The smallest absolute Gasteiger partial charge is 0.115 e. The molecule has 1 aliphatic heterocycles. The maximum atomic E-state index is 4.30. The van der Waals surface area contributed by atoms with Gasteiger partial charge in [0.2, 0.25) is 0 Å². The summed E-state index contributed by atoms with van der Waals surface area (Å²) in [6.07, 6.45) is 2.20. The number of hydrogen-bond donors (Lipinski definition) is 2. The molecule has 0 bridgehead atoms. The van der Waals surface area contributed by atoms with E-state index in [1.807, 2.05) is 24.3 Å². The lowest BCUT2D eigenvalue weighted by Gasteiger charge is -2.08. The van der Waals surface area contributed by atoms with Crippen LogP contribution in [-0.2, 0) is 0 Å². The Morgan fingerprint density at radius 3 is 2.57 bits per heavy atom. The summed E-state index contributed by atoms with van der Waals surface area (Å²) >= 11 is 3.39. The second-order valence-corrected chi connectivity index (χ2v) is 4.10. The van der Waals surface area contributed by atoms with E-state index in [4.69, 9.17) is 0 Å². The first-order valence-corrected chi connectivity index (χ1v) is 5.45. The normalized spacial score (nSPS) is 15.1. The number of nitrogens with one attached hydrogen (secondary N) is 2. The zero-order valence-corrected chi connectivity index (χ0v) is 9.34. The number of nitrogens with zero attached hydrogens (tertiary/aromatic N) is 1. The van der Waals surface area contributed by atoms with E-state index in [1.54, 1.807) is 0 Å². The fraction of sp³-hybridized carbons (Fsp3) is 0.300. The van der Waals surface area contributed by atoms with Crippen LogP contribution in [0.15, 0.2) is 33.7 Å². The average molecular weight is 254 g/mol. The maximum absolute atomic E-state index is 4.30. The van der Waals surface area contributed by atoms with E-state index in [1.165, 1.54) is 0 Å². The Bertz CT molecular complexity index is 332. The van der Waals surface area contributed by atoms with E-state index >= 15 is 0 Å². The number of rotatable bonds is 2. The number of halogens is 1. The van der Waals surface area contributed by atoms with Crippen molar-refractivity contribution in [2.75, 3.05) is 12.0 Å². The Hall–Kier alpha value is -1.03. The van der Waals surface area contributed by atoms with Gasteiger partial charge in [-0.25, -0.2) is 0 Å². The third kappa shape index (κ3) is 2.48. The lowest BCUT2D eigenvalue weighted by atomic mass is 10.3. The third-order valence-corrected chi connectivity index (χ3v) is 2.60. The van der Waals surface area contributed by atoms with E-state index in [9.17, 15) is 0 Å². The van der Waals surface area contributed by atoms with E-state index in [0.717, 1.165) is 35.4 Å². The van der Waals surface area contributed by atoms with Crippen LogP contribution < -0.4 is 10.9 Å². The van der Waals surface area contributed by atoms with Gasteiger partial charge in [0.15, 0.2) is 0 Å². The van der Waals surface area contributed by atoms with Crippen molar-refractivity contribution in [3.05, 3.63) is 28.7 Å². The molecule has 0 atom stereocenters. The highest BCUT2D eigenvalue weighted by molar-refractivity contribution is 9.10. The summed E-state index contributed by atoms with van der Waals surface area (Å²) in [7, 11) is 0. The van der Waals surface area contributed by atoms with Crippen LogP contribution in [0.4, 0.5) is 5.69 Å². The van der Waals surface area contributed by atoms with Crippen molar-refractivity contribution >= 4 is 27.5 Å². The summed E-state index contributed by atoms with van der Waals surface area (Å²) in [6.45, 7) is 0.949. The van der Waals surface area contributed by atoms with Gasteiger partial charge in [0, 0.05) is 17.4 Å². The Kier molecular flexibility index (Phi) is 3.03. The van der Waals surface area contributed by atoms with Crippen LogP contribution in [0, 0.1) is 0 Å². The predicted octanol–water partition coefficient (Wildman–Crippen LogP) is 2.56. The second kappa shape index (κ2) is 4.46. The quantitative estimate of drug-likeness (QED) is 0.796. The molecule has 4 heteroatoms. The van der Waals surface area contributed by atoms with Crippen molar-refractivity contribution in [2.24, 2.45) is 4.99 Å². The molecule has 0 aliphatic carbocycles. The molecular weight excluding hydrogens is 242 g/mol. The minimum Gasteiger partial charge on any atom is -0.300 e. The average Bonchev–Trinajstić information content (AvgIpc) is 2.70. The van der Waals surface area contributed by atoms with Crippen molar-refractivity contribution in [3.8, 4) is 0 Å². The largest absolute Gasteiger partial charge is 0.300 e. The summed E-state index contributed by atoms with van der Waals surface area (Å²) in [5.41, 5.74) is 7.26. The molecule has 2 rings (SSSR count). The van der Waals surface area contributed by atoms with Crippen LogP contribution in [0.5, 0.6) is 0 Å². The molecular formula is C10H12BrN3. The van der Waals surface area contributed by atoms with Crippen LogP contribution in [0.3, 0.4) is 0 Å². The Balaban J connectivity index is 1.88. The van der Waals surface area contributed by atoms with Crippen molar-refractivity contribution in [1.29, 1.82) is 0 Å². The van der Waals surface area contributed by atoms with Gasteiger partial charge in [0.25, 0.3) is 0 Å². The molecule has 0 saturated heterocycles. The molecule has 74 valence electrons. The summed E-state index contributed by atoms with van der Waals surface area (Å²) < 4.78 is 1.08. The van der Waals surface area contributed by atoms with Crippen LogP contribution in [-0.4, -0.2) is 12.4 Å². The van der Waals surface area contributed by atoms with Crippen LogP contribution in [0.1, 0.15) is 12.8 Å². The molecule has 0 spiro atoms. The number of hydrazine groups is 1. The van der Waals surface area contributed by atoms with Gasteiger partial charge in [-0.3, -0.25) is 15.8 Å². The minimum atomic E-state index is 0.949. The molecule has 0 radical (unpaired) electrons. The Labute approximate surface area is 91.7 Å². The molecule has 3 nitrogen and oxygen atoms in total. The summed E-state index contributed by atoms with van der Waals surface area (Å²) in [6, 6.07) is 8.01. The van der Waals surface area contributed by atoms with Gasteiger partial charge >= 0.3 is 0 Å². The second-order valence-electron chi connectivity index (χ2n) is 3.19. The first-order valence-electron chi connectivity index (χ1n) is 4.65. The highest BCUT2D eigenvalue weighted by Crippen LogP contribution is 2.13. The third-order valence-electron chi connectivity index (χ3n) is 2.07. The van der Waals surface area contributed by atoms with Crippen LogP contribution >= 0.6 is 15.9 Å². The molecule has 0 fully saturated rings. The summed E-state index contributed by atoms with van der Waals surface area (Å²) in [4.78, 5) is 4.30. The molecule has 1 aromatic carbocycles. The number of benzene rings is 1. The van der Waals surface area contributed by atoms with Gasteiger partial charge in [0.05, 0.1) is 5.69 Å². The molecule has 1 aliphatic rings.